The van der Waals surface area contributed by atoms with E-state index in [9.17, 15) is 29.7 Å². The van der Waals surface area contributed by atoms with E-state index in [1.54, 1.807) is 20.8 Å². The van der Waals surface area contributed by atoms with Crippen LogP contribution in [-0.2, 0) is 14.4 Å². The molecule has 1 radical (unpaired) electrons. The molecule has 0 spiro atoms. The first-order chi connectivity index (χ1) is 16.7. The third kappa shape index (κ3) is 20.3. The Morgan fingerprint density at radius 3 is 0.757 bits per heavy atom. The summed E-state index contributed by atoms with van der Waals surface area (Å²) in [5, 5.41) is 32.2. The second kappa shape index (κ2) is 24.8. The van der Waals surface area contributed by atoms with Gasteiger partial charge in [-0.25, -0.2) is 0 Å². The first-order valence-electron chi connectivity index (χ1n) is 14.3. The van der Waals surface area contributed by atoms with Gasteiger partial charge in [0.2, 0.25) is 0 Å². The molecule has 0 saturated heterocycles. The normalized spacial score (nSPS) is 15.2. The topological polar surface area (TPSA) is 120 Å². The number of carboxylic acid groups (broad SMARTS) is 3. The fourth-order valence-electron chi connectivity index (χ4n) is 3.57. The molecule has 0 aromatic heterocycles. The first-order valence-corrected chi connectivity index (χ1v) is 14.3. The van der Waals surface area contributed by atoms with Crippen molar-refractivity contribution in [1.29, 1.82) is 0 Å². The summed E-state index contributed by atoms with van der Waals surface area (Å²) in [6.45, 7) is 17.4. The molecule has 0 saturated carbocycles. The summed E-state index contributed by atoms with van der Waals surface area (Å²) in [7, 11) is 0. The van der Waals surface area contributed by atoms with Crippen LogP contribution in [0.15, 0.2) is 0 Å². The van der Waals surface area contributed by atoms with Gasteiger partial charge in [-0.05, 0) is 38.5 Å². The van der Waals surface area contributed by atoms with E-state index >= 15 is 0 Å². The molecule has 0 aliphatic rings. The molecule has 0 fully saturated rings. The Morgan fingerprint density at radius 1 is 0.459 bits per heavy atom. The maximum Gasteiger partial charge on any atom is 3.00 e. The Balaban J connectivity index is -0.000000218. The monoisotopic (exact) mass is 665 g/mol. The van der Waals surface area contributed by atoms with E-state index in [0.717, 1.165) is 77.0 Å². The fraction of sp³-hybridized carbons (Fsp3) is 0.900. The average Bonchev–Trinajstić information content (AvgIpc) is 2.84. The van der Waals surface area contributed by atoms with Gasteiger partial charge in [-0.3, -0.25) is 0 Å². The molecule has 0 bridgehead atoms. The van der Waals surface area contributed by atoms with Gasteiger partial charge in [-0.1, -0.05) is 120 Å². The van der Waals surface area contributed by atoms with Gasteiger partial charge in [-0.2, -0.15) is 0 Å². The Hall–Kier alpha value is -0.252. The summed E-state index contributed by atoms with van der Waals surface area (Å²) < 4.78 is 0. The van der Waals surface area contributed by atoms with Gasteiger partial charge in [0.1, 0.15) is 0 Å². The zero-order valence-electron chi connectivity index (χ0n) is 25.5. The summed E-state index contributed by atoms with van der Waals surface area (Å²) in [5.74, 6) is -2.71. The van der Waals surface area contributed by atoms with Crippen molar-refractivity contribution in [3.63, 3.8) is 0 Å². The largest absolute Gasteiger partial charge is 3.00 e. The number of carbonyl (C=O) groups excluding carboxylic acids is 3. The van der Waals surface area contributed by atoms with E-state index in [2.05, 4.69) is 20.8 Å². The molecule has 7 heteroatoms. The van der Waals surface area contributed by atoms with Crippen molar-refractivity contribution in [2.75, 3.05) is 0 Å². The maximum atomic E-state index is 10.7. The minimum Gasteiger partial charge on any atom is -0.550 e. The number of aliphatic carboxylic acids is 3. The van der Waals surface area contributed by atoms with Crippen LogP contribution in [0, 0.1) is 56.6 Å². The number of rotatable bonds is 18. The quantitative estimate of drug-likeness (QED) is 0.186. The van der Waals surface area contributed by atoms with E-state index < -0.39 is 34.2 Å². The van der Waals surface area contributed by atoms with Crippen molar-refractivity contribution >= 4 is 17.9 Å². The third-order valence-electron chi connectivity index (χ3n) is 7.82. The van der Waals surface area contributed by atoms with Crippen molar-refractivity contribution in [2.45, 2.75) is 159 Å². The van der Waals surface area contributed by atoms with Gasteiger partial charge in [0.25, 0.3) is 0 Å². The number of hydrogen-bond donors (Lipinski definition) is 0. The Bertz CT molecular complexity index is 516. The van der Waals surface area contributed by atoms with E-state index in [1.165, 1.54) is 0 Å². The summed E-state index contributed by atoms with van der Waals surface area (Å²) in [6, 6.07) is 0. The van der Waals surface area contributed by atoms with Gasteiger partial charge in [0.05, 0.1) is 0 Å². The van der Waals surface area contributed by atoms with Crippen LogP contribution < -0.4 is 15.3 Å². The van der Waals surface area contributed by atoms with Crippen molar-refractivity contribution in [2.24, 2.45) is 16.2 Å². The maximum absolute atomic E-state index is 10.7. The van der Waals surface area contributed by atoms with Crippen molar-refractivity contribution < 1.29 is 70.1 Å². The number of unbranched alkanes of at least 4 members (excludes halogenated alkanes) is 6. The number of carboxylic acids is 3. The van der Waals surface area contributed by atoms with Gasteiger partial charge < -0.3 is 29.7 Å². The minimum atomic E-state index is -0.902. The van der Waals surface area contributed by atoms with Crippen molar-refractivity contribution in [3.8, 4) is 0 Å². The second-order valence-electron chi connectivity index (χ2n) is 11.0. The molecule has 0 aromatic carbocycles. The van der Waals surface area contributed by atoms with Crippen LogP contribution in [0.5, 0.6) is 0 Å². The molecule has 37 heavy (non-hydrogen) atoms. The third-order valence-corrected chi connectivity index (χ3v) is 7.82. The second-order valence-corrected chi connectivity index (χ2v) is 11.0. The van der Waals surface area contributed by atoms with E-state index in [4.69, 9.17) is 0 Å². The van der Waals surface area contributed by atoms with Crippen LogP contribution in [0.25, 0.3) is 0 Å². The molecule has 219 valence electrons. The molecule has 0 rings (SSSR count). The van der Waals surface area contributed by atoms with Gasteiger partial charge in [0, 0.05) is 34.2 Å². The molecular weight excluding hydrogens is 607 g/mol. The van der Waals surface area contributed by atoms with Crippen LogP contribution in [0.2, 0.25) is 0 Å². The van der Waals surface area contributed by atoms with Gasteiger partial charge in [0.15, 0.2) is 0 Å². The SMILES string of the molecule is CCCCCC(C)(CC)C(=O)[O-].CCCCCC(C)(CC)C(=O)[O-].CCCCCC(C)(CC)C(=O)[O-].[Sm+3]. The van der Waals surface area contributed by atoms with Crippen LogP contribution in [0.1, 0.15) is 159 Å². The van der Waals surface area contributed by atoms with Gasteiger partial charge in [-0.15, -0.1) is 0 Å². The number of hydrogen-bond acceptors (Lipinski definition) is 6. The fourth-order valence-corrected chi connectivity index (χ4v) is 3.57. The Labute approximate surface area is 261 Å². The van der Waals surface area contributed by atoms with Gasteiger partial charge >= 0.3 is 40.4 Å². The smallest absolute Gasteiger partial charge is 0.550 e. The molecule has 0 N–H and O–H groups in total. The van der Waals surface area contributed by atoms with E-state index in [0.29, 0.717) is 19.3 Å². The minimum absolute atomic E-state index is 0. The van der Waals surface area contributed by atoms with Crippen LogP contribution in [-0.4, -0.2) is 17.9 Å². The first kappa shape index (κ1) is 43.8. The predicted molar refractivity (Wildman–Crippen MR) is 143 cm³/mol. The zero-order chi connectivity index (χ0) is 28.8. The van der Waals surface area contributed by atoms with Crippen LogP contribution in [0.3, 0.4) is 0 Å². The summed E-state index contributed by atoms with van der Waals surface area (Å²) in [5.41, 5.74) is -1.81. The summed E-state index contributed by atoms with van der Waals surface area (Å²) in [4.78, 5) is 32.2. The average molecular weight is 664 g/mol. The zero-order valence-corrected chi connectivity index (χ0v) is 28.1. The molecule has 0 heterocycles. The molecule has 0 aromatic rings. The summed E-state index contributed by atoms with van der Waals surface area (Å²) in [6.07, 6.45) is 14.0. The predicted octanol–water partition coefficient (Wildman–Crippen LogP) is 5.20. The molecular formula is C30H57O6Sm. The van der Waals surface area contributed by atoms with Crippen LogP contribution >= 0.6 is 0 Å². The Morgan fingerprint density at radius 2 is 0.649 bits per heavy atom. The molecule has 0 aliphatic carbocycles. The van der Waals surface area contributed by atoms with Crippen molar-refractivity contribution in [1.82, 2.24) is 0 Å². The molecule has 3 unspecified atom stereocenters. The van der Waals surface area contributed by atoms with E-state index in [1.807, 2.05) is 20.8 Å². The molecule has 6 nitrogen and oxygen atoms in total. The standard InChI is InChI=1S/3C10H20O2.Sm/c3*1-4-6-7-8-10(3,5-2)9(11)12;/h3*4-8H2,1-3H3,(H,11,12);/q;;;+3/p-3. The molecule has 0 aliphatic heterocycles. The van der Waals surface area contributed by atoms with Crippen LogP contribution in [0.4, 0.5) is 0 Å². The molecule has 3 atom stereocenters. The number of carbonyl (C=O) groups is 3. The molecule has 0 amide bonds. The summed E-state index contributed by atoms with van der Waals surface area (Å²) >= 11 is 0. The Kier molecular flexibility index (Phi) is 29.3. The van der Waals surface area contributed by atoms with Crippen molar-refractivity contribution in [3.05, 3.63) is 0 Å². The van der Waals surface area contributed by atoms with E-state index in [-0.39, 0.29) is 40.4 Å².